The van der Waals surface area contributed by atoms with E-state index in [2.05, 4.69) is 5.10 Å². The molecule has 0 spiro atoms. The van der Waals surface area contributed by atoms with E-state index >= 15 is 0 Å². The zero-order valence-corrected chi connectivity index (χ0v) is 11.6. The summed E-state index contributed by atoms with van der Waals surface area (Å²) < 4.78 is 1.39. The average Bonchev–Trinajstić information content (AvgIpc) is 2.81. The summed E-state index contributed by atoms with van der Waals surface area (Å²) in [6.45, 7) is 2.69. The Balaban J connectivity index is 2.34. The van der Waals surface area contributed by atoms with Gasteiger partial charge in [-0.05, 0) is 19.3 Å². The van der Waals surface area contributed by atoms with E-state index in [1.54, 1.807) is 11.9 Å². The summed E-state index contributed by atoms with van der Waals surface area (Å²) in [5.74, 6) is -0.584. The summed E-state index contributed by atoms with van der Waals surface area (Å²) in [5.41, 5.74) is -0.923. The monoisotopic (exact) mass is 282 g/mol. The summed E-state index contributed by atoms with van der Waals surface area (Å²) in [7, 11) is 1.62. The Morgan fingerprint density at radius 2 is 2.35 bits per heavy atom. The maximum atomic E-state index is 11.5. The molecule has 0 saturated carbocycles. The quantitative estimate of drug-likeness (QED) is 0.661. The van der Waals surface area contributed by atoms with Crippen molar-refractivity contribution in [1.82, 2.24) is 9.78 Å². The lowest BCUT2D eigenvalue weighted by atomic mass is 9.77. The van der Waals surface area contributed by atoms with Crippen LogP contribution in [-0.2, 0) is 11.8 Å². The largest absolute Gasteiger partial charge is 0.481 e. The number of carboxylic acids is 1. The number of aromatic nitrogens is 2. The van der Waals surface area contributed by atoms with Crippen molar-refractivity contribution in [2.45, 2.75) is 26.2 Å². The van der Waals surface area contributed by atoms with Gasteiger partial charge in [0.05, 0.1) is 10.3 Å². The molecule has 0 radical (unpaired) electrons. The lowest BCUT2D eigenvalue weighted by molar-refractivity contribution is -0.384. The molecule has 0 aliphatic carbocycles. The van der Waals surface area contributed by atoms with Crippen molar-refractivity contribution < 1.29 is 14.8 Å². The number of aliphatic carboxylic acids is 1. The van der Waals surface area contributed by atoms with Crippen LogP contribution in [0.4, 0.5) is 11.5 Å². The second-order valence-corrected chi connectivity index (χ2v) is 5.23. The Bertz CT molecular complexity index is 542. The van der Waals surface area contributed by atoms with Gasteiger partial charge in [-0.1, -0.05) is 6.92 Å². The van der Waals surface area contributed by atoms with E-state index in [9.17, 15) is 20.0 Å². The van der Waals surface area contributed by atoms with Crippen LogP contribution in [0, 0.1) is 15.5 Å². The normalized spacial score (nSPS) is 22.8. The van der Waals surface area contributed by atoms with Crippen LogP contribution < -0.4 is 4.90 Å². The van der Waals surface area contributed by atoms with Crippen molar-refractivity contribution in [2.24, 2.45) is 12.5 Å². The molecule has 1 aliphatic rings. The van der Waals surface area contributed by atoms with Crippen LogP contribution >= 0.6 is 0 Å². The molecule has 0 aromatic carbocycles. The van der Waals surface area contributed by atoms with Gasteiger partial charge in [-0.15, -0.1) is 5.10 Å². The minimum absolute atomic E-state index is 0.0789. The highest BCUT2D eigenvalue weighted by molar-refractivity contribution is 5.76. The van der Waals surface area contributed by atoms with Gasteiger partial charge in [0.2, 0.25) is 5.82 Å². The fourth-order valence-corrected chi connectivity index (χ4v) is 2.75. The molecule has 20 heavy (non-hydrogen) atoms. The molecule has 1 fully saturated rings. The van der Waals surface area contributed by atoms with E-state index in [1.165, 1.54) is 10.9 Å². The Morgan fingerprint density at radius 3 is 2.90 bits per heavy atom. The molecule has 2 heterocycles. The van der Waals surface area contributed by atoms with Gasteiger partial charge < -0.3 is 10.0 Å². The van der Waals surface area contributed by atoms with Crippen LogP contribution in [0.5, 0.6) is 0 Å². The molecule has 2 rings (SSSR count). The van der Waals surface area contributed by atoms with Crippen molar-refractivity contribution in [3.05, 3.63) is 16.3 Å². The number of nitrogens with zero attached hydrogens (tertiary/aromatic N) is 4. The number of rotatable bonds is 4. The molecule has 1 atom stereocenters. The van der Waals surface area contributed by atoms with E-state index < -0.39 is 16.3 Å². The van der Waals surface area contributed by atoms with Crippen LogP contribution in [0.3, 0.4) is 0 Å². The van der Waals surface area contributed by atoms with Crippen molar-refractivity contribution in [2.75, 3.05) is 18.0 Å². The average molecular weight is 282 g/mol. The van der Waals surface area contributed by atoms with E-state index in [0.717, 1.165) is 0 Å². The first-order valence-electron chi connectivity index (χ1n) is 6.56. The van der Waals surface area contributed by atoms with Crippen molar-refractivity contribution in [3.63, 3.8) is 0 Å². The highest BCUT2D eigenvalue weighted by atomic mass is 16.6. The Kier molecular flexibility index (Phi) is 3.65. The molecule has 8 heteroatoms. The first-order chi connectivity index (χ1) is 9.39. The number of carboxylic acid groups (broad SMARTS) is 1. The van der Waals surface area contributed by atoms with Crippen LogP contribution in [-0.4, -0.2) is 38.9 Å². The van der Waals surface area contributed by atoms with Crippen LogP contribution in [0.15, 0.2) is 6.20 Å². The highest BCUT2D eigenvalue weighted by Crippen LogP contribution is 2.37. The molecule has 1 aromatic rings. The Labute approximate surface area is 116 Å². The maximum Gasteiger partial charge on any atom is 0.330 e. The van der Waals surface area contributed by atoms with E-state index in [0.29, 0.717) is 25.8 Å². The van der Waals surface area contributed by atoms with Crippen molar-refractivity contribution >= 4 is 17.5 Å². The second kappa shape index (κ2) is 5.10. The van der Waals surface area contributed by atoms with Crippen LogP contribution in [0.2, 0.25) is 0 Å². The molecular weight excluding hydrogens is 264 g/mol. The first kappa shape index (κ1) is 14.3. The van der Waals surface area contributed by atoms with Gasteiger partial charge in [0.1, 0.15) is 6.20 Å². The van der Waals surface area contributed by atoms with Crippen LogP contribution in [0.1, 0.15) is 26.2 Å². The van der Waals surface area contributed by atoms with Gasteiger partial charge in [0, 0.05) is 20.1 Å². The molecule has 1 unspecified atom stereocenters. The third-order valence-electron chi connectivity index (χ3n) is 3.99. The molecule has 110 valence electrons. The molecule has 0 bridgehead atoms. The van der Waals surface area contributed by atoms with Gasteiger partial charge in [0.25, 0.3) is 0 Å². The number of piperidine rings is 1. The zero-order valence-electron chi connectivity index (χ0n) is 11.6. The lowest BCUT2D eigenvalue weighted by Crippen LogP contribution is -2.48. The summed E-state index contributed by atoms with van der Waals surface area (Å²) in [6, 6.07) is 0. The third kappa shape index (κ3) is 2.33. The zero-order chi connectivity index (χ0) is 14.9. The van der Waals surface area contributed by atoms with Gasteiger partial charge in [0.15, 0.2) is 0 Å². The smallest absolute Gasteiger partial charge is 0.330 e. The third-order valence-corrected chi connectivity index (χ3v) is 3.99. The predicted molar refractivity (Wildman–Crippen MR) is 71.7 cm³/mol. The Hall–Kier alpha value is -2.12. The molecule has 1 aromatic heterocycles. The summed E-state index contributed by atoms with van der Waals surface area (Å²) in [6.07, 6.45) is 3.13. The van der Waals surface area contributed by atoms with Gasteiger partial charge >= 0.3 is 11.7 Å². The van der Waals surface area contributed by atoms with Gasteiger partial charge in [-0.2, -0.15) is 0 Å². The molecule has 8 nitrogen and oxygen atoms in total. The van der Waals surface area contributed by atoms with Gasteiger partial charge in [-0.25, -0.2) is 0 Å². The number of hydrogen-bond acceptors (Lipinski definition) is 5. The SMILES string of the molecule is CCC1(C(=O)O)CCCN(c2nn(C)cc2[N+](=O)[O-])C1. The first-order valence-corrected chi connectivity index (χ1v) is 6.56. The van der Waals surface area contributed by atoms with Crippen LogP contribution in [0.25, 0.3) is 0 Å². The molecule has 1 N–H and O–H groups in total. The summed E-state index contributed by atoms with van der Waals surface area (Å²) in [5, 5.41) is 24.6. The standard InChI is InChI=1S/C12H18N4O4/c1-3-12(11(17)18)5-4-6-15(8-12)10-9(16(19)20)7-14(2)13-10/h7H,3-6,8H2,1-2H3,(H,17,18). The molecule has 0 amide bonds. The molecule has 1 aliphatic heterocycles. The molecule has 1 saturated heterocycles. The van der Waals surface area contributed by atoms with E-state index in [1.807, 2.05) is 6.92 Å². The van der Waals surface area contributed by atoms with E-state index in [-0.39, 0.29) is 18.1 Å². The second-order valence-electron chi connectivity index (χ2n) is 5.23. The summed E-state index contributed by atoms with van der Waals surface area (Å²) in [4.78, 5) is 23.8. The number of aryl methyl sites for hydroxylation is 1. The van der Waals surface area contributed by atoms with Gasteiger partial charge in [-0.3, -0.25) is 19.6 Å². The topological polar surface area (TPSA) is 102 Å². The van der Waals surface area contributed by atoms with Crippen molar-refractivity contribution in [3.8, 4) is 0 Å². The minimum atomic E-state index is -0.844. The maximum absolute atomic E-state index is 11.5. The van der Waals surface area contributed by atoms with E-state index in [4.69, 9.17) is 0 Å². The number of nitro groups is 1. The van der Waals surface area contributed by atoms with Crippen molar-refractivity contribution in [1.29, 1.82) is 0 Å². The fraction of sp³-hybridized carbons (Fsp3) is 0.667. The highest BCUT2D eigenvalue weighted by Gasteiger charge is 2.42. The number of carbonyl (C=O) groups is 1. The summed E-state index contributed by atoms with van der Waals surface area (Å²) >= 11 is 0. The molecular formula is C12H18N4O4. The predicted octanol–water partition coefficient (Wildman–Crippen LogP) is 1.41. The fourth-order valence-electron chi connectivity index (χ4n) is 2.75. The number of hydrogen-bond donors (Lipinski definition) is 1. The Morgan fingerprint density at radius 1 is 1.65 bits per heavy atom. The minimum Gasteiger partial charge on any atom is -0.481 e. The number of anilines is 1. The lowest BCUT2D eigenvalue weighted by Gasteiger charge is -2.39.